The highest BCUT2D eigenvalue weighted by atomic mass is 32.1. The number of halogens is 1. The molecule has 212 valence electrons. The van der Waals surface area contributed by atoms with Crippen LogP contribution in [0.3, 0.4) is 0 Å². The number of carbonyl (C=O) groups excluding carboxylic acids is 2. The molecule has 41 heavy (non-hydrogen) atoms. The Morgan fingerprint density at radius 1 is 1.22 bits per heavy atom. The van der Waals surface area contributed by atoms with Crippen LogP contribution in [0.1, 0.15) is 62.9 Å². The highest BCUT2D eigenvalue weighted by Crippen LogP contribution is 2.45. The number of thiazole rings is 1. The molecular weight excluding hydrogens is 551 g/mol. The van der Waals surface area contributed by atoms with E-state index >= 15 is 0 Å². The summed E-state index contributed by atoms with van der Waals surface area (Å²) >= 11 is 0.953. The average molecular weight is 579 g/mol. The molecule has 1 unspecified atom stereocenters. The number of amides is 1. The van der Waals surface area contributed by atoms with Crippen LogP contribution >= 0.6 is 11.3 Å². The summed E-state index contributed by atoms with van der Waals surface area (Å²) in [4.78, 5) is 46.4. The molecule has 2 aromatic carbocycles. The number of hydrogen-bond acceptors (Lipinski definition) is 9. The first-order valence-electron chi connectivity index (χ1n) is 12.9. The first-order chi connectivity index (χ1) is 19.8. The SMILES string of the molecule is C=CCOC(=O)c1sc(N2C(=O)c3oc4ccc(F)cc4c(=O)c3C2c2ccc(OCCCC)c(OC)c2)nc1C. The molecule has 1 amide bonds. The molecule has 4 aromatic rings. The summed E-state index contributed by atoms with van der Waals surface area (Å²) in [6, 6.07) is 7.64. The molecule has 5 rings (SSSR count). The lowest BCUT2D eigenvalue weighted by Gasteiger charge is -2.23. The Kier molecular flexibility index (Phi) is 7.89. The quantitative estimate of drug-likeness (QED) is 0.129. The average Bonchev–Trinajstić information content (AvgIpc) is 3.49. The molecule has 0 N–H and O–H groups in total. The van der Waals surface area contributed by atoms with Crippen LogP contribution in [0.25, 0.3) is 11.0 Å². The van der Waals surface area contributed by atoms with Crippen molar-refractivity contribution in [3.63, 3.8) is 0 Å². The van der Waals surface area contributed by atoms with Crippen molar-refractivity contribution in [1.82, 2.24) is 4.98 Å². The number of rotatable bonds is 10. The minimum absolute atomic E-state index is 0.00102. The number of carbonyl (C=O) groups is 2. The molecule has 9 nitrogen and oxygen atoms in total. The molecule has 0 saturated carbocycles. The predicted molar refractivity (Wildman–Crippen MR) is 152 cm³/mol. The third-order valence-corrected chi connectivity index (χ3v) is 7.74. The van der Waals surface area contributed by atoms with Crippen LogP contribution in [0.15, 0.2) is 58.3 Å². The van der Waals surface area contributed by atoms with Gasteiger partial charge in [-0.05, 0) is 49.2 Å². The lowest BCUT2D eigenvalue weighted by atomic mass is 9.98. The zero-order valence-electron chi connectivity index (χ0n) is 22.7. The Labute approximate surface area is 238 Å². The Balaban J connectivity index is 1.69. The fourth-order valence-electron chi connectivity index (χ4n) is 4.63. The molecule has 11 heteroatoms. The topological polar surface area (TPSA) is 108 Å². The van der Waals surface area contributed by atoms with Crippen molar-refractivity contribution in [1.29, 1.82) is 0 Å². The third-order valence-electron chi connectivity index (χ3n) is 6.60. The maximum Gasteiger partial charge on any atom is 0.350 e. The van der Waals surface area contributed by atoms with Gasteiger partial charge in [0.15, 0.2) is 22.1 Å². The van der Waals surface area contributed by atoms with Gasteiger partial charge < -0.3 is 18.6 Å². The number of aromatic nitrogens is 1. The second-order valence-corrected chi connectivity index (χ2v) is 10.3. The Morgan fingerprint density at radius 3 is 2.76 bits per heavy atom. The molecule has 0 saturated heterocycles. The lowest BCUT2D eigenvalue weighted by molar-refractivity contribution is 0.0554. The van der Waals surface area contributed by atoms with Crippen LogP contribution in [0.2, 0.25) is 0 Å². The highest BCUT2D eigenvalue weighted by Gasteiger charge is 2.45. The summed E-state index contributed by atoms with van der Waals surface area (Å²) in [5.74, 6) is -1.14. The van der Waals surface area contributed by atoms with Gasteiger partial charge in [0.2, 0.25) is 5.76 Å². The van der Waals surface area contributed by atoms with E-state index in [1.807, 2.05) is 0 Å². The minimum atomic E-state index is -1.01. The standard InChI is InChI=1S/C30H27FN2O7S/c1-5-7-13-38-21-10-8-17(14-22(21)37-4)24-23-25(34)19-15-18(31)9-11-20(19)40-26(23)28(35)33(24)30-32-16(3)27(41-30)29(36)39-12-6-2/h6,8-11,14-15,24H,2,5,7,12-13H2,1,3-4H3. The van der Waals surface area contributed by atoms with Gasteiger partial charge in [-0.15, -0.1) is 0 Å². The van der Waals surface area contributed by atoms with E-state index in [0.29, 0.717) is 29.4 Å². The van der Waals surface area contributed by atoms with E-state index in [9.17, 15) is 18.8 Å². The molecule has 0 fully saturated rings. The molecule has 1 atom stereocenters. The molecule has 3 heterocycles. The van der Waals surface area contributed by atoms with Crippen LogP contribution in [0.4, 0.5) is 9.52 Å². The predicted octanol–water partition coefficient (Wildman–Crippen LogP) is 5.98. The van der Waals surface area contributed by atoms with Crippen molar-refractivity contribution in [3.8, 4) is 11.5 Å². The largest absolute Gasteiger partial charge is 0.493 e. The van der Waals surface area contributed by atoms with E-state index in [-0.39, 0.29) is 38.9 Å². The van der Waals surface area contributed by atoms with Crippen molar-refractivity contribution in [3.05, 3.63) is 92.6 Å². The summed E-state index contributed by atoms with van der Waals surface area (Å²) < 4.78 is 36.7. The Bertz CT molecular complexity index is 1730. The van der Waals surface area contributed by atoms with Gasteiger partial charge in [-0.2, -0.15) is 0 Å². The number of anilines is 1. The molecule has 2 aromatic heterocycles. The molecule has 0 bridgehead atoms. The molecule has 0 spiro atoms. The second-order valence-electron chi connectivity index (χ2n) is 9.30. The summed E-state index contributed by atoms with van der Waals surface area (Å²) in [7, 11) is 1.49. The second kappa shape index (κ2) is 11.5. The van der Waals surface area contributed by atoms with Gasteiger partial charge in [-0.3, -0.25) is 14.5 Å². The van der Waals surface area contributed by atoms with Crippen LogP contribution in [0.5, 0.6) is 11.5 Å². The number of benzene rings is 2. The Morgan fingerprint density at radius 2 is 2.02 bits per heavy atom. The van der Waals surface area contributed by atoms with E-state index in [0.717, 1.165) is 36.3 Å². The fraction of sp³-hybridized carbons (Fsp3) is 0.267. The monoisotopic (exact) mass is 578 g/mol. The number of aryl methyl sites for hydroxylation is 1. The first kappa shape index (κ1) is 28.0. The van der Waals surface area contributed by atoms with E-state index in [2.05, 4.69) is 18.5 Å². The van der Waals surface area contributed by atoms with Crippen molar-refractivity contribution in [2.75, 3.05) is 25.2 Å². The molecule has 0 radical (unpaired) electrons. The normalized spacial score (nSPS) is 14.3. The van der Waals surface area contributed by atoms with Gasteiger partial charge in [0.1, 0.15) is 22.9 Å². The van der Waals surface area contributed by atoms with Crippen LogP contribution in [-0.2, 0) is 4.74 Å². The zero-order chi connectivity index (χ0) is 29.3. The maximum atomic E-state index is 14.1. The van der Waals surface area contributed by atoms with Crippen molar-refractivity contribution < 1.29 is 32.6 Å². The molecule has 0 aliphatic carbocycles. The van der Waals surface area contributed by atoms with Gasteiger partial charge in [0.25, 0.3) is 5.91 Å². The first-order valence-corrected chi connectivity index (χ1v) is 13.8. The van der Waals surface area contributed by atoms with Crippen LogP contribution in [-0.4, -0.2) is 37.2 Å². The van der Waals surface area contributed by atoms with Gasteiger partial charge in [-0.25, -0.2) is 14.2 Å². The van der Waals surface area contributed by atoms with Gasteiger partial charge in [0.05, 0.1) is 36.4 Å². The van der Waals surface area contributed by atoms with Crippen LogP contribution < -0.4 is 19.8 Å². The van der Waals surface area contributed by atoms with E-state index in [1.165, 1.54) is 24.2 Å². The number of nitrogens with zero attached hydrogens (tertiary/aromatic N) is 2. The summed E-state index contributed by atoms with van der Waals surface area (Å²) in [5, 5.41) is 0.158. The summed E-state index contributed by atoms with van der Waals surface area (Å²) in [5.41, 5.74) is 0.403. The molecule has 1 aliphatic rings. The number of fused-ring (bicyclic) bond motifs is 2. The van der Waals surface area contributed by atoms with Crippen molar-refractivity contribution in [2.24, 2.45) is 0 Å². The smallest absolute Gasteiger partial charge is 0.350 e. The number of unbranched alkanes of at least 4 members (excludes halogenated alkanes) is 1. The molecular formula is C30H27FN2O7S. The number of hydrogen-bond donors (Lipinski definition) is 0. The number of methoxy groups -OCH3 is 1. The van der Waals surface area contributed by atoms with E-state index < -0.39 is 29.2 Å². The summed E-state index contributed by atoms with van der Waals surface area (Å²) in [6.45, 7) is 7.73. The fourth-order valence-corrected chi connectivity index (χ4v) is 5.62. The minimum Gasteiger partial charge on any atom is -0.493 e. The van der Waals surface area contributed by atoms with E-state index in [4.69, 9.17) is 18.6 Å². The number of ether oxygens (including phenoxy) is 3. The maximum absolute atomic E-state index is 14.1. The third kappa shape index (κ3) is 5.08. The van der Waals surface area contributed by atoms with Gasteiger partial charge in [0, 0.05) is 0 Å². The zero-order valence-corrected chi connectivity index (χ0v) is 23.5. The van der Waals surface area contributed by atoms with Crippen LogP contribution in [0, 0.1) is 12.7 Å². The number of esters is 1. The Hall–Kier alpha value is -4.51. The highest BCUT2D eigenvalue weighted by molar-refractivity contribution is 7.17. The van der Waals surface area contributed by atoms with Crippen molar-refractivity contribution in [2.45, 2.75) is 32.7 Å². The lowest BCUT2D eigenvalue weighted by Crippen LogP contribution is -2.29. The van der Waals surface area contributed by atoms with Crippen molar-refractivity contribution >= 4 is 39.3 Å². The van der Waals surface area contributed by atoms with E-state index in [1.54, 1.807) is 25.1 Å². The summed E-state index contributed by atoms with van der Waals surface area (Å²) in [6.07, 6.45) is 3.26. The van der Waals surface area contributed by atoms with Gasteiger partial charge in [-0.1, -0.05) is 43.4 Å². The molecule has 1 aliphatic heterocycles. The van der Waals surface area contributed by atoms with Gasteiger partial charge >= 0.3 is 5.97 Å².